The SMILES string of the molecule is CCCC[C@H](S[C@](CC)(C(N)=O)c1ccccc1)C(N)=O. The molecular weight excluding hydrogens is 284 g/mol. The van der Waals surface area contributed by atoms with Gasteiger partial charge in [0.25, 0.3) is 0 Å². The Labute approximate surface area is 130 Å². The van der Waals surface area contributed by atoms with E-state index in [4.69, 9.17) is 11.5 Å². The van der Waals surface area contributed by atoms with Crippen molar-refractivity contribution in [3.63, 3.8) is 0 Å². The third kappa shape index (κ3) is 4.24. The number of hydrogen-bond acceptors (Lipinski definition) is 3. The van der Waals surface area contributed by atoms with E-state index in [9.17, 15) is 9.59 Å². The molecule has 1 rings (SSSR count). The first-order chi connectivity index (χ1) is 9.97. The van der Waals surface area contributed by atoms with Crippen molar-refractivity contribution in [1.29, 1.82) is 0 Å². The number of unbranched alkanes of at least 4 members (excludes halogenated alkanes) is 1. The summed E-state index contributed by atoms with van der Waals surface area (Å²) in [4.78, 5) is 23.8. The number of amides is 2. The van der Waals surface area contributed by atoms with Crippen molar-refractivity contribution in [3.8, 4) is 0 Å². The molecule has 0 fully saturated rings. The van der Waals surface area contributed by atoms with E-state index in [1.54, 1.807) is 0 Å². The topological polar surface area (TPSA) is 86.2 Å². The highest BCUT2D eigenvalue weighted by Crippen LogP contribution is 2.43. The molecule has 2 atom stereocenters. The zero-order valence-corrected chi connectivity index (χ0v) is 13.5. The highest BCUT2D eigenvalue weighted by Gasteiger charge is 2.40. The molecule has 0 spiro atoms. The lowest BCUT2D eigenvalue weighted by atomic mass is 9.95. The normalized spacial score (nSPS) is 15.1. The largest absolute Gasteiger partial charge is 0.369 e. The fourth-order valence-corrected chi connectivity index (χ4v) is 3.77. The molecule has 2 amide bonds. The number of benzene rings is 1. The predicted molar refractivity (Wildman–Crippen MR) is 87.7 cm³/mol. The molecule has 5 heteroatoms. The van der Waals surface area contributed by atoms with E-state index in [1.165, 1.54) is 11.8 Å². The Bertz CT molecular complexity index is 478. The summed E-state index contributed by atoms with van der Waals surface area (Å²) in [7, 11) is 0. The van der Waals surface area contributed by atoms with Crippen LogP contribution in [0, 0.1) is 0 Å². The Hall–Kier alpha value is -1.49. The Morgan fingerprint density at radius 3 is 2.24 bits per heavy atom. The first-order valence-corrected chi connectivity index (χ1v) is 8.18. The molecule has 0 heterocycles. The summed E-state index contributed by atoms with van der Waals surface area (Å²) >= 11 is 1.30. The van der Waals surface area contributed by atoms with Gasteiger partial charge in [0.1, 0.15) is 4.75 Å². The second kappa shape index (κ2) is 8.08. The van der Waals surface area contributed by atoms with Gasteiger partial charge in [0.15, 0.2) is 0 Å². The average Bonchev–Trinajstić information content (AvgIpc) is 2.48. The molecule has 0 aliphatic heterocycles. The van der Waals surface area contributed by atoms with E-state index in [0.717, 1.165) is 18.4 Å². The van der Waals surface area contributed by atoms with E-state index in [-0.39, 0.29) is 5.91 Å². The van der Waals surface area contributed by atoms with Gasteiger partial charge < -0.3 is 11.5 Å². The van der Waals surface area contributed by atoms with Crippen molar-refractivity contribution in [2.75, 3.05) is 0 Å². The number of primary amides is 2. The number of rotatable bonds is 9. The summed E-state index contributed by atoms with van der Waals surface area (Å²) in [6.45, 7) is 3.96. The van der Waals surface area contributed by atoms with Gasteiger partial charge in [-0.1, -0.05) is 57.0 Å². The molecule has 0 unspecified atom stereocenters. The maximum Gasteiger partial charge on any atom is 0.238 e. The fraction of sp³-hybridized carbons (Fsp3) is 0.500. The molecule has 4 nitrogen and oxygen atoms in total. The summed E-state index contributed by atoms with van der Waals surface area (Å²) in [6.07, 6.45) is 3.06. The monoisotopic (exact) mass is 308 g/mol. The molecular formula is C16H24N2O2S. The van der Waals surface area contributed by atoms with Gasteiger partial charge in [-0.2, -0.15) is 0 Å². The second-order valence-corrected chi connectivity index (χ2v) is 6.56. The van der Waals surface area contributed by atoms with Crippen molar-refractivity contribution in [1.82, 2.24) is 0 Å². The van der Waals surface area contributed by atoms with Gasteiger partial charge in [-0.25, -0.2) is 0 Å². The number of hydrogen-bond donors (Lipinski definition) is 2. The van der Waals surface area contributed by atoms with Crippen LogP contribution in [0.1, 0.15) is 45.1 Å². The van der Waals surface area contributed by atoms with Crippen LogP contribution >= 0.6 is 11.8 Å². The molecule has 4 N–H and O–H groups in total. The van der Waals surface area contributed by atoms with Crippen LogP contribution in [-0.2, 0) is 14.3 Å². The van der Waals surface area contributed by atoms with Crippen LogP contribution in [0.25, 0.3) is 0 Å². The zero-order chi connectivity index (χ0) is 15.9. The number of thioether (sulfide) groups is 1. The first-order valence-electron chi connectivity index (χ1n) is 7.30. The lowest BCUT2D eigenvalue weighted by Gasteiger charge is -2.32. The van der Waals surface area contributed by atoms with Crippen molar-refractivity contribution in [2.45, 2.75) is 49.5 Å². The van der Waals surface area contributed by atoms with Crippen LogP contribution in [0.15, 0.2) is 30.3 Å². The number of carbonyl (C=O) groups excluding carboxylic acids is 2. The summed E-state index contributed by atoms with van der Waals surface area (Å²) in [6, 6.07) is 9.37. The molecule has 0 saturated carbocycles. The maximum absolute atomic E-state index is 12.1. The van der Waals surface area contributed by atoms with Crippen molar-refractivity contribution >= 4 is 23.6 Å². The van der Waals surface area contributed by atoms with Crippen LogP contribution in [0.4, 0.5) is 0 Å². The van der Waals surface area contributed by atoms with Crippen LogP contribution in [0.3, 0.4) is 0 Å². The smallest absolute Gasteiger partial charge is 0.238 e. The van der Waals surface area contributed by atoms with E-state index in [2.05, 4.69) is 6.92 Å². The highest BCUT2D eigenvalue weighted by atomic mass is 32.2. The Kier molecular flexibility index (Phi) is 6.75. The summed E-state index contributed by atoms with van der Waals surface area (Å²) < 4.78 is -0.908. The minimum absolute atomic E-state index is 0.386. The summed E-state index contributed by atoms with van der Waals surface area (Å²) in [5.41, 5.74) is 12.0. The Morgan fingerprint density at radius 2 is 1.81 bits per heavy atom. The van der Waals surface area contributed by atoms with Crippen LogP contribution in [0.5, 0.6) is 0 Å². The third-order valence-electron chi connectivity index (χ3n) is 3.62. The standard InChI is InChI=1S/C16H24N2O2S/c1-3-5-11-13(14(17)19)21-16(4-2,15(18)20)12-9-7-6-8-10-12/h6-10,13H,3-5,11H2,1-2H3,(H2,17,19)(H2,18,20)/t13-,16-/m0/s1. The van der Waals surface area contributed by atoms with Crippen molar-refractivity contribution in [2.24, 2.45) is 11.5 Å². The van der Waals surface area contributed by atoms with Crippen LogP contribution < -0.4 is 11.5 Å². The quantitative estimate of drug-likeness (QED) is 0.735. The van der Waals surface area contributed by atoms with Gasteiger partial charge in [-0.15, -0.1) is 11.8 Å². The van der Waals surface area contributed by atoms with Crippen molar-refractivity contribution in [3.05, 3.63) is 35.9 Å². The molecule has 0 aromatic heterocycles. The van der Waals surface area contributed by atoms with E-state index >= 15 is 0 Å². The maximum atomic E-state index is 12.1. The lowest BCUT2D eigenvalue weighted by molar-refractivity contribution is -0.120. The Morgan fingerprint density at radius 1 is 1.19 bits per heavy atom. The van der Waals surface area contributed by atoms with Crippen LogP contribution in [-0.4, -0.2) is 17.1 Å². The van der Waals surface area contributed by atoms with Gasteiger partial charge in [0, 0.05) is 0 Å². The van der Waals surface area contributed by atoms with E-state index in [1.807, 2.05) is 37.3 Å². The van der Waals surface area contributed by atoms with Crippen LogP contribution in [0.2, 0.25) is 0 Å². The van der Waals surface area contributed by atoms with Gasteiger partial charge in [-0.05, 0) is 18.4 Å². The second-order valence-electron chi connectivity index (χ2n) is 5.06. The molecule has 0 aliphatic rings. The number of carbonyl (C=O) groups is 2. The molecule has 1 aromatic carbocycles. The van der Waals surface area contributed by atoms with E-state index < -0.39 is 15.9 Å². The third-order valence-corrected chi connectivity index (χ3v) is 5.50. The minimum atomic E-state index is -0.908. The number of nitrogens with two attached hydrogens (primary N) is 2. The fourth-order valence-electron chi connectivity index (χ4n) is 2.33. The summed E-state index contributed by atoms with van der Waals surface area (Å²) in [5.74, 6) is -0.813. The average molecular weight is 308 g/mol. The molecule has 0 aliphatic carbocycles. The predicted octanol–water partition coefficient (Wildman–Crippen LogP) is 2.55. The van der Waals surface area contributed by atoms with Gasteiger partial charge in [0.05, 0.1) is 5.25 Å². The molecule has 0 radical (unpaired) electrons. The molecule has 116 valence electrons. The molecule has 0 bridgehead atoms. The van der Waals surface area contributed by atoms with Gasteiger partial charge >= 0.3 is 0 Å². The zero-order valence-electron chi connectivity index (χ0n) is 12.7. The Balaban J connectivity index is 3.13. The molecule has 21 heavy (non-hydrogen) atoms. The lowest BCUT2D eigenvalue weighted by Crippen LogP contribution is -2.41. The van der Waals surface area contributed by atoms with E-state index in [0.29, 0.717) is 12.8 Å². The minimum Gasteiger partial charge on any atom is -0.369 e. The van der Waals surface area contributed by atoms with Gasteiger partial charge in [-0.3, -0.25) is 9.59 Å². The highest BCUT2D eigenvalue weighted by molar-refractivity contribution is 8.02. The first kappa shape index (κ1) is 17.6. The van der Waals surface area contributed by atoms with Crippen molar-refractivity contribution < 1.29 is 9.59 Å². The summed E-state index contributed by atoms with van der Waals surface area (Å²) in [5, 5.41) is -0.405. The van der Waals surface area contributed by atoms with Gasteiger partial charge in [0.2, 0.25) is 11.8 Å². The molecule has 0 saturated heterocycles. The molecule has 1 aromatic rings.